The molecule has 0 N–H and O–H groups in total. The van der Waals surface area contributed by atoms with Crippen molar-refractivity contribution in [1.29, 1.82) is 0 Å². The van der Waals surface area contributed by atoms with E-state index in [-0.39, 0.29) is 0 Å². The van der Waals surface area contributed by atoms with Gasteiger partial charge in [-0.1, -0.05) is 19.4 Å². The number of rotatable bonds is 5. The van der Waals surface area contributed by atoms with Crippen LogP contribution in [-0.2, 0) is 13.6 Å². The minimum atomic E-state index is 0.885. The Morgan fingerprint density at radius 1 is 1.35 bits per heavy atom. The highest BCUT2D eigenvalue weighted by atomic mass is 32.1. The molecule has 0 aliphatic heterocycles. The number of aryl methyl sites for hydroxylation is 2. The van der Waals surface area contributed by atoms with Crippen LogP contribution in [0.1, 0.15) is 19.8 Å². The Bertz CT molecular complexity index is 680. The van der Waals surface area contributed by atoms with Crippen LogP contribution < -0.4 is 0 Å². The maximum atomic E-state index is 4.58. The molecule has 0 unspecified atom stereocenters. The van der Waals surface area contributed by atoms with Gasteiger partial charge in [-0.05, 0) is 23.9 Å². The fourth-order valence-electron chi connectivity index (χ4n) is 2.16. The van der Waals surface area contributed by atoms with Gasteiger partial charge >= 0.3 is 0 Å². The minimum Gasteiger partial charge on any atom is -0.264 e. The second kappa shape index (κ2) is 5.58. The van der Waals surface area contributed by atoms with Gasteiger partial charge in [-0.15, -0.1) is 11.3 Å². The molecular weight excluding hydrogens is 270 g/mol. The van der Waals surface area contributed by atoms with Gasteiger partial charge in [0.1, 0.15) is 17.7 Å². The molecule has 104 valence electrons. The summed E-state index contributed by atoms with van der Waals surface area (Å²) < 4.78 is 3.83. The first-order valence-electron chi connectivity index (χ1n) is 6.75. The number of hydrogen-bond donors (Lipinski definition) is 0. The Hall–Kier alpha value is -1.95. The van der Waals surface area contributed by atoms with Crippen molar-refractivity contribution in [2.24, 2.45) is 7.05 Å². The van der Waals surface area contributed by atoms with Crippen LogP contribution in [0.2, 0.25) is 0 Å². The highest BCUT2D eigenvalue weighted by Crippen LogP contribution is 2.27. The molecule has 0 saturated heterocycles. The molecule has 0 fully saturated rings. The van der Waals surface area contributed by atoms with Gasteiger partial charge in [0.05, 0.1) is 4.88 Å². The average molecular weight is 287 g/mol. The summed E-state index contributed by atoms with van der Waals surface area (Å²) in [5, 5.41) is 10.9. The van der Waals surface area contributed by atoms with E-state index in [1.807, 2.05) is 22.5 Å². The van der Waals surface area contributed by atoms with Crippen molar-refractivity contribution < 1.29 is 0 Å². The molecule has 0 saturated carbocycles. The lowest BCUT2D eigenvalue weighted by Crippen LogP contribution is -2.05. The van der Waals surface area contributed by atoms with Crippen LogP contribution in [0.5, 0.6) is 0 Å². The van der Waals surface area contributed by atoms with Crippen molar-refractivity contribution in [3.05, 3.63) is 29.9 Å². The highest BCUT2D eigenvalue weighted by molar-refractivity contribution is 7.13. The van der Waals surface area contributed by atoms with Gasteiger partial charge in [0.15, 0.2) is 5.82 Å². The molecule has 0 aliphatic carbocycles. The second-order valence-corrected chi connectivity index (χ2v) is 5.62. The van der Waals surface area contributed by atoms with Gasteiger partial charge in [-0.3, -0.25) is 4.68 Å². The maximum Gasteiger partial charge on any atom is 0.176 e. The largest absolute Gasteiger partial charge is 0.264 e. The van der Waals surface area contributed by atoms with Gasteiger partial charge in [0.2, 0.25) is 0 Å². The summed E-state index contributed by atoms with van der Waals surface area (Å²) in [5.74, 6) is 0.885. The number of thiophene rings is 1. The monoisotopic (exact) mass is 287 g/mol. The van der Waals surface area contributed by atoms with E-state index in [1.165, 1.54) is 4.88 Å². The van der Waals surface area contributed by atoms with Crippen molar-refractivity contribution in [1.82, 2.24) is 24.5 Å². The summed E-state index contributed by atoms with van der Waals surface area (Å²) in [5.41, 5.74) is 1.99. The van der Waals surface area contributed by atoms with E-state index in [9.17, 15) is 0 Å². The third-order valence-corrected chi connectivity index (χ3v) is 4.11. The molecule has 0 spiro atoms. The third kappa shape index (κ3) is 2.38. The Morgan fingerprint density at radius 3 is 3.00 bits per heavy atom. The molecule has 3 aromatic heterocycles. The predicted octanol–water partition coefficient (Wildman–Crippen LogP) is 3.21. The maximum absolute atomic E-state index is 4.58. The molecule has 0 aliphatic rings. The van der Waals surface area contributed by atoms with E-state index >= 15 is 0 Å². The molecular formula is C14H17N5S. The summed E-state index contributed by atoms with van der Waals surface area (Å²) in [4.78, 5) is 5.56. The van der Waals surface area contributed by atoms with E-state index in [2.05, 4.69) is 39.6 Å². The summed E-state index contributed by atoms with van der Waals surface area (Å²) in [6.45, 7) is 3.07. The van der Waals surface area contributed by atoms with Crippen molar-refractivity contribution in [2.75, 3.05) is 0 Å². The predicted molar refractivity (Wildman–Crippen MR) is 80.4 cm³/mol. The lowest BCUT2D eigenvalue weighted by Gasteiger charge is -2.04. The molecule has 0 amide bonds. The Labute approximate surface area is 121 Å². The van der Waals surface area contributed by atoms with Crippen LogP contribution in [0.25, 0.3) is 22.1 Å². The summed E-state index contributed by atoms with van der Waals surface area (Å²) in [7, 11) is 1.95. The first-order chi connectivity index (χ1) is 9.79. The number of nitrogens with zero attached hydrogens (tertiary/aromatic N) is 5. The summed E-state index contributed by atoms with van der Waals surface area (Å²) in [6.07, 6.45) is 3.86. The smallest absolute Gasteiger partial charge is 0.176 e. The van der Waals surface area contributed by atoms with Gasteiger partial charge in [-0.25, -0.2) is 9.67 Å². The third-order valence-electron chi connectivity index (χ3n) is 3.22. The minimum absolute atomic E-state index is 0.885. The standard InChI is InChI=1S/C14H17N5S/c1-3-4-7-19-14(15-10-16-19)12-9-11(17-18(12)2)13-6-5-8-20-13/h5-6,8-10H,3-4,7H2,1-2H3. The summed E-state index contributed by atoms with van der Waals surface area (Å²) >= 11 is 1.69. The van der Waals surface area contributed by atoms with Crippen LogP contribution in [0.3, 0.4) is 0 Å². The first kappa shape index (κ1) is 13.1. The molecule has 3 rings (SSSR count). The Kier molecular flexibility index (Phi) is 3.64. The highest BCUT2D eigenvalue weighted by Gasteiger charge is 2.14. The molecule has 0 radical (unpaired) electrons. The van der Waals surface area contributed by atoms with Crippen LogP contribution in [0.15, 0.2) is 29.9 Å². The van der Waals surface area contributed by atoms with E-state index in [0.717, 1.165) is 36.6 Å². The number of unbranched alkanes of at least 4 members (excludes halogenated alkanes) is 1. The molecule has 3 heterocycles. The van der Waals surface area contributed by atoms with Crippen LogP contribution in [0.4, 0.5) is 0 Å². The van der Waals surface area contributed by atoms with E-state index < -0.39 is 0 Å². The van der Waals surface area contributed by atoms with Crippen molar-refractivity contribution in [3.63, 3.8) is 0 Å². The fraction of sp³-hybridized carbons (Fsp3) is 0.357. The van der Waals surface area contributed by atoms with Gasteiger partial charge in [0, 0.05) is 13.6 Å². The number of aromatic nitrogens is 5. The molecule has 3 aromatic rings. The first-order valence-corrected chi connectivity index (χ1v) is 7.63. The SMILES string of the molecule is CCCCn1ncnc1-c1cc(-c2cccs2)nn1C. The Morgan fingerprint density at radius 2 is 2.25 bits per heavy atom. The molecule has 20 heavy (non-hydrogen) atoms. The molecule has 5 nitrogen and oxygen atoms in total. The van der Waals surface area contributed by atoms with Crippen LogP contribution >= 0.6 is 11.3 Å². The van der Waals surface area contributed by atoms with E-state index in [4.69, 9.17) is 0 Å². The zero-order valence-corrected chi connectivity index (χ0v) is 12.5. The summed E-state index contributed by atoms with van der Waals surface area (Å²) in [6, 6.07) is 6.20. The average Bonchev–Trinajstić information content (AvgIpc) is 3.16. The number of hydrogen-bond acceptors (Lipinski definition) is 4. The Balaban J connectivity index is 1.96. The molecule has 0 bridgehead atoms. The topological polar surface area (TPSA) is 48.5 Å². The van der Waals surface area contributed by atoms with Crippen molar-refractivity contribution in [3.8, 4) is 22.1 Å². The fourth-order valence-corrected chi connectivity index (χ4v) is 2.84. The van der Waals surface area contributed by atoms with Gasteiger partial charge < -0.3 is 0 Å². The molecule has 0 atom stereocenters. The van der Waals surface area contributed by atoms with Crippen molar-refractivity contribution >= 4 is 11.3 Å². The molecule has 6 heteroatoms. The zero-order valence-electron chi connectivity index (χ0n) is 11.7. The van der Waals surface area contributed by atoms with E-state index in [0.29, 0.717) is 0 Å². The van der Waals surface area contributed by atoms with Crippen LogP contribution in [0, 0.1) is 0 Å². The molecule has 0 aromatic carbocycles. The second-order valence-electron chi connectivity index (χ2n) is 4.68. The zero-order chi connectivity index (χ0) is 13.9. The normalized spacial score (nSPS) is 11.1. The van der Waals surface area contributed by atoms with Crippen LogP contribution in [-0.4, -0.2) is 24.5 Å². The lowest BCUT2D eigenvalue weighted by molar-refractivity contribution is 0.573. The van der Waals surface area contributed by atoms with Gasteiger partial charge in [-0.2, -0.15) is 10.2 Å². The van der Waals surface area contributed by atoms with Gasteiger partial charge in [0.25, 0.3) is 0 Å². The quantitative estimate of drug-likeness (QED) is 0.724. The van der Waals surface area contributed by atoms with Crippen molar-refractivity contribution in [2.45, 2.75) is 26.3 Å². The van der Waals surface area contributed by atoms with E-state index in [1.54, 1.807) is 17.7 Å². The lowest BCUT2D eigenvalue weighted by atomic mass is 10.3.